The van der Waals surface area contributed by atoms with Crippen molar-refractivity contribution in [2.45, 2.75) is 70.7 Å². The maximum atomic E-state index is 12.1. The summed E-state index contributed by atoms with van der Waals surface area (Å²) in [5.74, 6) is 0.800. The van der Waals surface area contributed by atoms with Gasteiger partial charge in [0.25, 0.3) is 0 Å². The molecule has 1 aromatic heterocycles. The fourth-order valence-corrected chi connectivity index (χ4v) is 5.43. The molecule has 0 radical (unpaired) electrons. The number of aryl methyl sites for hydroxylation is 1. The number of carboxylic acids is 1. The van der Waals surface area contributed by atoms with E-state index in [1.54, 1.807) is 6.92 Å². The lowest BCUT2D eigenvalue weighted by atomic mass is 9.87. The zero-order valence-corrected chi connectivity index (χ0v) is 22.8. The Hall–Kier alpha value is -3.48. The maximum absolute atomic E-state index is 12.1. The second-order valence-electron chi connectivity index (χ2n) is 10.8. The molecule has 1 aliphatic carbocycles. The fraction of sp³-hybridized carbons (Fsp3) is 0.394. The van der Waals surface area contributed by atoms with Crippen LogP contribution in [0.1, 0.15) is 56.5 Å². The summed E-state index contributed by atoms with van der Waals surface area (Å²) in [6, 6.07) is 24.2. The molecule has 0 spiro atoms. The lowest BCUT2D eigenvalue weighted by molar-refractivity contribution is -0.166. The van der Waals surface area contributed by atoms with Crippen LogP contribution in [0.5, 0.6) is 0 Å². The monoisotopic (exact) mass is 527 g/mol. The number of aliphatic carboxylic acids is 1. The van der Waals surface area contributed by atoms with Gasteiger partial charge in [0.15, 0.2) is 5.60 Å². The van der Waals surface area contributed by atoms with E-state index in [0.717, 1.165) is 60.1 Å². The van der Waals surface area contributed by atoms with Gasteiger partial charge in [0.05, 0.1) is 19.3 Å². The molecule has 2 unspecified atom stereocenters. The van der Waals surface area contributed by atoms with E-state index in [-0.39, 0.29) is 12.0 Å². The number of carboxylic acid groups (broad SMARTS) is 1. The number of fused-ring (bicyclic) bond motifs is 1. The van der Waals surface area contributed by atoms with E-state index < -0.39 is 11.6 Å². The van der Waals surface area contributed by atoms with E-state index in [2.05, 4.69) is 31.2 Å². The van der Waals surface area contributed by atoms with E-state index in [1.807, 2.05) is 48.5 Å². The van der Waals surface area contributed by atoms with Crippen molar-refractivity contribution in [2.24, 2.45) is 5.92 Å². The smallest absolute Gasteiger partial charge is 0.336 e. The summed E-state index contributed by atoms with van der Waals surface area (Å²) in [6.45, 7) is 4.55. The highest BCUT2D eigenvalue weighted by molar-refractivity contribution is 5.86. The van der Waals surface area contributed by atoms with Crippen LogP contribution in [0.4, 0.5) is 0 Å². The summed E-state index contributed by atoms with van der Waals surface area (Å²) in [7, 11) is 0. The zero-order valence-electron chi connectivity index (χ0n) is 22.8. The highest BCUT2D eigenvalue weighted by Gasteiger charge is 2.36. The standard InChI is InChI=1S/C33H37NO5/c1-3-30-29(34-31(39-30)27-17-16-25-13-7-8-14-26(25)19-27)22-37-28-15-9-12-24(18-28)21-38-33(2,32(35)36)20-23-10-5-4-6-11-23/h4-8,10-11,13-14,16-17,19,24,28H,3,9,12,15,18,20-22H2,1-2H3,(H,35,36)/t24?,28-,33?/m0/s1. The van der Waals surface area contributed by atoms with Crippen LogP contribution in [-0.2, 0) is 33.7 Å². The average molecular weight is 528 g/mol. The number of oxazole rings is 1. The number of ether oxygens (including phenoxy) is 2. The van der Waals surface area contributed by atoms with Crippen molar-refractivity contribution in [1.82, 2.24) is 4.98 Å². The summed E-state index contributed by atoms with van der Waals surface area (Å²) in [6.07, 6.45) is 5.03. The van der Waals surface area contributed by atoms with Gasteiger partial charge >= 0.3 is 5.97 Å². The second kappa shape index (κ2) is 12.1. The molecule has 4 aromatic rings. The Morgan fingerprint density at radius 3 is 2.59 bits per heavy atom. The van der Waals surface area contributed by atoms with Crippen LogP contribution in [0.2, 0.25) is 0 Å². The molecule has 3 atom stereocenters. The van der Waals surface area contributed by atoms with E-state index in [0.29, 0.717) is 25.5 Å². The van der Waals surface area contributed by atoms with Crippen LogP contribution in [0, 0.1) is 5.92 Å². The predicted molar refractivity (Wildman–Crippen MR) is 151 cm³/mol. The molecule has 3 aromatic carbocycles. The molecule has 0 amide bonds. The van der Waals surface area contributed by atoms with E-state index >= 15 is 0 Å². The molecule has 0 bridgehead atoms. The molecular weight excluding hydrogens is 490 g/mol. The molecule has 1 saturated carbocycles. The highest BCUT2D eigenvalue weighted by Crippen LogP contribution is 2.31. The van der Waals surface area contributed by atoms with Gasteiger partial charge in [-0.3, -0.25) is 0 Å². The summed E-state index contributed by atoms with van der Waals surface area (Å²) in [5.41, 5.74) is 1.50. The van der Waals surface area contributed by atoms with E-state index in [9.17, 15) is 9.90 Å². The molecule has 0 aliphatic heterocycles. The Morgan fingerprint density at radius 1 is 1.05 bits per heavy atom. The van der Waals surface area contributed by atoms with Gasteiger partial charge in [-0.05, 0) is 60.6 Å². The average Bonchev–Trinajstić information content (AvgIpc) is 3.39. The third kappa shape index (κ3) is 6.57. The highest BCUT2D eigenvalue weighted by atomic mass is 16.5. The molecule has 39 heavy (non-hydrogen) atoms. The summed E-state index contributed by atoms with van der Waals surface area (Å²) >= 11 is 0. The SMILES string of the molecule is CCc1oc(-c2ccc3ccccc3c2)nc1CO[C@H]1CCCC(COC(C)(Cc2ccccc2)C(=O)O)C1. The Bertz CT molecular complexity index is 1400. The molecule has 5 rings (SSSR count). The largest absolute Gasteiger partial charge is 0.479 e. The summed E-state index contributed by atoms with van der Waals surface area (Å²) in [4.78, 5) is 16.9. The first-order chi connectivity index (χ1) is 18.9. The van der Waals surface area contributed by atoms with Gasteiger partial charge in [0, 0.05) is 18.4 Å². The Balaban J connectivity index is 1.19. The third-order valence-corrected chi connectivity index (χ3v) is 7.76. The van der Waals surface area contributed by atoms with Gasteiger partial charge in [0.2, 0.25) is 5.89 Å². The zero-order chi connectivity index (χ0) is 27.2. The molecule has 1 N–H and O–H groups in total. The van der Waals surface area contributed by atoms with Crippen LogP contribution in [-0.4, -0.2) is 34.4 Å². The van der Waals surface area contributed by atoms with Crippen molar-refractivity contribution >= 4 is 16.7 Å². The van der Waals surface area contributed by atoms with Crippen molar-refractivity contribution < 1.29 is 23.8 Å². The topological polar surface area (TPSA) is 81.8 Å². The molecule has 6 heteroatoms. The normalized spacial score (nSPS) is 19.1. The second-order valence-corrected chi connectivity index (χ2v) is 10.8. The van der Waals surface area contributed by atoms with Crippen molar-refractivity contribution in [3.8, 4) is 11.5 Å². The van der Waals surface area contributed by atoms with Crippen LogP contribution in [0.3, 0.4) is 0 Å². The first kappa shape index (κ1) is 27.1. The van der Waals surface area contributed by atoms with Crippen LogP contribution >= 0.6 is 0 Å². The number of hydrogen-bond acceptors (Lipinski definition) is 5. The molecule has 1 fully saturated rings. The van der Waals surface area contributed by atoms with Gasteiger partial charge < -0.3 is 19.0 Å². The molecular formula is C33H37NO5. The van der Waals surface area contributed by atoms with E-state index in [4.69, 9.17) is 18.9 Å². The Morgan fingerprint density at radius 2 is 1.82 bits per heavy atom. The Kier molecular flexibility index (Phi) is 8.44. The third-order valence-electron chi connectivity index (χ3n) is 7.76. The van der Waals surface area contributed by atoms with Gasteiger partial charge in [-0.1, -0.05) is 74.0 Å². The predicted octanol–water partition coefficient (Wildman–Crippen LogP) is 7.24. The number of aromatic nitrogens is 1. The van der Waals surface area contributed by atoms with Gasteiger partial charge in [-0.25, -0.2) is 9.78 Å². The summed E-state index contributed by atoms with van der Waals surface area (Å²) < 4.78 is 18.6. The first-order valence-electron chi connectivity index (χ1n) is 13.9. The van der Waals surface area contributed by atoms with Crippen LogP contribution < -0.4 is 0 Å². The number of hydrogen-bond donors (Lipinski definition) is 1. The number of carbonyl (C=O) groups is 1. The van der Waals surface area contributed by atoms with Crippen LogP contribution in [0.25, 0.3) is 22.2 Å². The number of rotatable bonds is 11. The molecule has 204 valence electrons. The minimum atomic E-state index is -1.26. The lowest BCUT2D eigenvalue weighted by Gasteiger charge is -2.32. The van der Waals surface area contributed by atoms with Crippen molar-refractivity contribution in [2.75, 3.05) is 6.61 Å². The minimum Gasteiger partial charge on any atom is -0.479 e. The van der Waals surface area contributed by atoms with Crippen molar-refractivity contribution in [3.05, 3.63) is 89.8 Å². The van der Waals surface area contributed by atoms with Gasteiger partial charge in [-0.15, -0.1) is 0 Å². The molecule has 1 heterocycles. The maximum Gasteiger partial charge on any atom is 0.336 e. The van der Waals surface area contributed by atoms with Crippen molar-refractivity contribution in [3.63, 3.8) is 0 Å². The lowest BCUT2D eigenvalue weighted by Crippen LogP contribution is -2.42. The van der Waals surface area contributed by atoms with Crippen molar-refractivity contribution in [1.29, 1.82) is 0 Å². The van der Waals surface area contributed by atoms with Crippen LogP contribution in [0.15, 0.2) is 77.2 Å². The van der Waals surface area contributed by atoms with Gasteiger partial charge in [-0.2, -0.15) is 0 Å². The number of benzene rings is 3. The molecule has 0 saturated heterocycles. The van der Waals surface area contributed by atoms with Gasteiger partial charge in [0.1, 0.15) is 11.5 Å². The molecule has 6 nitrogen and oxygen atoms in total. The summed E-state index contributed by atoms with van der Waals surface area (Å²) in [5, 5.41) is 12.2. The first-order valence-corrected chi connectivity index (χ1v) is 13.9. The fourth-order valence-electron chi connectivity index (χ4n) is 5.43. The minimum absolute atomic E-state index is 0.0862. The quantitative estimate of drug-likeness (QED) is 0.221. The molecule has 1 aliphatic rings. The Labute approximate surface area is 230 Å². The number of nitrogens with zero attached hydrogens (tertiary/aromatic N) is 1. The van der Waals surface area contributed by atoms with E-state index in [1.165, 1.54) is 5.39 Å².